The number of nitrogens with zero attached hydrogens (tertiary/aromatic N) is 2. The molecule has 2 aromatic rings. The summed E-state index contributed by atoms with van der Waals surface area (Å²) in [5, 5.41) is 3.98. The van der Waals surface area contributed by atoms with Crippen LogP contribution in [0.25, 0.3) is 0 Å². The number of carbonyl (C=O) groups is 1. The number of ether oxygens (including phenoxy) is 1. The smallest absolute Gasteiger partial charge is 0.317 e. The third-order valence-corrected chi connectivity index (χ3v) is 7.04. The highest BCUT2D eigenvalue weighted by molar-refractivity contribution is 6.30. The maximum atomic E-state index is 12.7. The van der Waals surface area contributed by atoms with Crippen molar-refractivity contribution in [1.29, 1.82) is 0 Å². The van der Waals surface area contributed by atoms with Gasteiger partial charge in [-0.15, -0.1) is 0 Å². The number of piperazine rings is 1. The Morgan fingerprint density at radius 3 is 2.48 bits per heavy atom. The van der Waals surface area contributed by atoms with Crippen LogP contribution in [0.3, 0.4) is 0 Å². The first-order valence-corrected chi connectivity index (χ1v) is 12.6. The molecule has 0 spiro atoms. The summed E-state index contributed by atoms with van der Waals surface area (Å²) < 4.78 is 6.41. The first kappa shape index (κ1) is 24.1. The van der Waals surface area contributed by atoms with Gasteiger partial charge in [-0.3, -0.25) is 4.90 Å². The highest BCUT2D eigenvalue weighted by atomic mass is 35.5. The Bertz CT molecular complexity index is 890. The number of aryl methyl sites for hydroxylation is 1. The lowest BCUT2D eigenvalue weighted by Gasteiger charge is -2.37. The number of urea groups is 1. The summed E-state index contributed by atoms with van der Waals surface area (Å²) in [5.41, 5.74) is 3.55. The minimum atomic E-state index is -0.0506. The highest BCUT2D eigenvalue weighted by Crippen LogP contribution is 2.24. The number of rotatable bonds is 7. The Labute approximate surface area is 203 Å². The van der Waals surface area contributed by atoms with E-state index in [2.05, 4.69) is 53.5 Å². The molecule has 0 bridgehead atoms. The molecule has 4 rings (SSSR count). The molecule has 2 aromatic carbocycles. The van der Waals surface area contributed by atoms with Crippen molar-refractivity contribution in [2.24, 2.45) is 0 Å². The largest absolute Gasteiger partial charge is 0.368 e. The summed E-state index contributed by atoms with van der Waals surface area (Å²) in [5.74, 6) is 0. The molecule has 2 amide bonds. The minimum absolute atomic E-state index is 0.0506. The third kappa shape index (κ3) is 7.20. The van der Waals surface area contributed by atoms with Crippen LogP contribution in [0.2, 0.25) is 5.02 Å². The van der Waals surface area contributed by atoms with Gasteiger partial charge in [0.25, 0.3) is 0 Å². The number of hydrogen-bond donors (Lipinski definition) is 1. The van der Waals surface area contributed by atoms with Crippen LogP contribution in [-0.4, -0.2) is 54.6 Å². The Morgan fingerprint density at radius 2 is 1.79 bits per heavy atom. The van der Waals surface area contributed by atoms with Crippen molar-refractivity contribution in [3.63, 3.8) is 0 Å². The van der Waals surface area contributed by atoms with Crippen molar-refractivity contribution >= 4 is 17.6 Å². The van der Waals surface area contributed by atoms with E-state index in [0.29, 0.717) is 12.6 Å². The van der Waals surface area contributed by atoms with Gasteiger partial charge in [0.15, 0.2) is 0 Å². The Balaban J connectivity index is 1.32. The fourth-order valence-corrected chi connectivity index (χ4v) is 4.94. The van der Waals surface area contributed by atoms with Crippen molar-refractivity contribution in [3.8, 4) is 0 Å². The number of nitrogens with one attached hydrogen (secondary N) is 1. The van der Waals surface area contributed by atoms with Gasteiger partial charge in [-0.25, -0.2) is 4.79 Å². The SMILES string of the molecule is Cc1cccc(COC(CN2CCN(C(=O)NC3CCCCC3)CC2)c2ccc(Cl)cc2)c1. The van der Waals surface area contributed by atoms with E-state index in [1.54, 1.807) is 0 Å². The maximum absolute atomic E-state index is 12.7. The quantitative estimate of drug-likeness (QED) is 0.576. The minimum Gasteiger partial charge on any atom is -0.368 e. The van der Waals surface area contributed by atoms with Gasteiger partial charge in [0.2, 0.25) is 0 Å². The van der Waals surface area contributed by atoms with Gasteiger partial charge in [0, 0.05) is 43.8 Å². The van der Waals surface area contributed by atoms with E-state index in [-0.39, 0.29) is 12.1 Å². The predicted octanol–water partition coefficient (Wildman–Crippen LogP) is 5.57. The van der Waals surface area contributed by atoms with Crippen LogP contribution < -0.4 is 5.32 Å². The van der Waals surface area contributed by atoms with Crippen LogP contribution in [0.1, 0.15) is 54.9 Å². The Morgan fingerprint density at radius 1 is 1.06 bits per heavy atom. The molecule has 1 aliphatic heterocycles. The summed E-state index contributed by atoms with van der Waals surface area (Å²) in [7, 11) is 0. The van der Waals surface area contributed by atoms with Gasteiger partial charge in [-0.2, -0.15) is 0 Å². The standard InChI is InChI=1S/C27H36ClN3O2/c1-21-6-5-7-22(18-21)20-33-26(23-10-12-24(28)13-11-23)19-30-14-16-31(17-15-30)27(32)29-25-8-3-2-4-9-25/h5-7,10-13,18,25-26H,2-4,8-9,14-17,19-20H2,1H3,(H,29,32). The fourth-order valence-electron chi connectivity index (χ4n) is 4.81. The lowest BCUT2D eigenvalue weighted by Crippen LogP contribution is -2.54. The summed E-state index contributed by atoms with van der Waals surface area (Å²) in [6.07, 6.45) is 5.94. The van der Waals surface area contributed by atoms with Crippen LogP contribution in [0.4, 0.5) is 4.79 Å². The molecule has 6 heteroatoms. The second-order valence-electron chi connectivity index (χ2n) is 9.41. The Kier molecular flexibility index (Phi) is 8.65. The van der Waals surface area contributed by atoms with E-state index >= 15 is 0 Å². The zero-order chi connectivity index (χ0) is 23.0. The monoisotopic (exact) mass is 469 g/mol. The molecule has 1 atom stereocenters. The van der Waals surface area contributed by atoms with Gasteiger partial charge >= 0.3 is 6.03 Å². The van der Waals surface area contributed by atoms with Crippen molar-refractivity contribution in [3.05, 3.63) is 70.2 Å². The molecule has 1 unspecified atom stereocenters. The zero-order valence-corrected chi connectivity index (χ0v) is 20.4. The summed E-state index contributed by atoms with van der Waals surface area (Å²) in [6, 6.07) is 16.9. The molecule has 1 heterocycles. The van der Waals surface area contributed by atoms with Crippen LogP contribution in [0.15, 0.2) is 48.5 Å². The predicted molar refractivity (Wildman–Crippen MR) is 134 cm³/mol. The van der Waals surface area contributed by atoms with E-state index < -0.39 is 0 Å². The molecule has 1 saturated carbocycles. The average molecular weight is 470 g/mol. The number of amides is 2. The number of hydrogen-bond acceptors (Lipinski definition) is 3. The molecule has 1 saturated heterocycles. The highest BCUT2D eigenvalue weighted by Gasteiger charge is 2.26. The van der Waals surface area contributed by atoms with E-state index in [4.69, 9.17) is 16.3 Å². The molecular weight excluding hydrogens is 434 g/mol. The number of benzene rings is 2. The van der Waals surface area contributed by atoms with Crippen LogP contribution in [0.5, 0.6) is 0 Å². The maximum Gasteiger partial charge on any atom is 0.317 e. The molecule has 0 aromatic heterocycles. The molecule has 1 N–H and O–H groups in total. The number of carbonyl (C=O) groups excluding carboxylic acids is 1. The molecule has 0 radical (unpaired) electrons. The second-order valence-corrected chi connectivity index (χ2v) is 9.85. The van der Waals surface area contributed by atoms with Crippen LogP contribution in [0, 0.1) is 6.92 Å². The summed E-state index contributed by atoms with van der Waals surface area (Å²) in [6.45, 7) is 6.69. The number of halogens is 1. The fraction of sp³-hybridized carbons (Fsp3) is 0.519. The van der Waals surface area contributed by atoms with Gasteiger partial charge in [-0.1, -0.05) is 72.8 Å². The second kappa shape index (κ2) is 11.9. The normalized spacial score (nSPS) is 18.8. The van der Waals surface area contributed by atoms with Crippen molar-refractivity contribution in [1.82, 2.24) is 15.1 Å². The van der Waals surface area contributed by atoms with E-state index in [0.717, 1.165) is 56.2 Å². The average Bonchev–Trinajstić information content (AvgIpc) is 2.83. The summed E-state index contributed by atoms with van der Waals surface area (Å²) >= 11 is 6.12. The van der Waals surface area contributed by atoms with Crippen molar-refractivity contribution in [2.75, 3.05) is 32.7 Å². The molecule has 5 nitrogen and oxygen atoms in total. The van der Waals surface area contributed by atoms with Gasteiger partial charge in [-0.05, 0) is 43.0 Å². The van der Waals surface area contributed by atoms with Gasteiger partial charge in [0.05, 0.1) is 12.7 Å². The van der Waals surface area contributed by atoms with E-state index in [1.165, 1.54) is 30.4 Å². The molecule has 1 aliphatic carbocycles. The first-order valence-electron chi connectivity index (χ1n) is 12.3. The molecule has 2 aliphatic rings. The molecular formula is C27H36ClN3O2. The van der Waals surface area contributed by atoms with Crippen molar-refractivity contribution in [2.45, 2.75) is 57.8 Å². The van der Waals surface area contributed by atoms with Crippen LogP contribution >= 0.6 is 11.6 Å². The lowest BCUT2D eigenvalue weighted by atomic mass is 9.96. The molecule has 2 fully saturated rings. The molecule has 33 heavy (non-hydrogen) atoms. The van der Waals surface area contributed by atoms with Gasteiger partial charge in [0.1, 0.15) is 0 Å². The third-order valence-electron chi connectivity index (χ3n) is 6.79. The molecule has 178 valence electrons. The van der Waals surface area contributed by atoms with Gasteiger partial charge < -0.3 is 15.0 Å². The topological polar surface area (TPSA) is 44.8 Å². The van der Waals surface area contributed by atoms with E-state index in [9.17, 15) is 4.79 Å². The zero-order valence-electron chi connectivity index (χ0n) is 19.6. The summed E-state index contributed by atoms with van der Waals surface area (Å²) in [4.78, 5) is 17.1. The van der Waals surface area contributed by atoms with Crippen molar-refractivity contribution < 1.29 is 9.53 Å². The van der Waals surface area contributed by atoms with E-state index in [1.807, 2.05) is 17.0 Å². The first-order chi connectivity index (χ1) is 16.1. The Hall–Kier alpha value is -2.08. The lowest BCUT2D eigenvalue weighted by molar-refractivity contribution is 0.00545. The van der Waals surface area contributed by atoms with Crippen LogP contribution in [-0.2, 0) is 11.3 Å².